The highest BCUT2D eigenvalue weighted by molar-refractivity contribution is 7.44. The van der Waals surface area contributed by atoms with E-state index in [9.17, 15) is 14.9 Å². The van der Waals surface area contributed by atoms with Crippen LogP contribution < -0.4 is 20.5 Å². The van der Waals surface area contributed by atoms with Gasteiger partial charge in [-0.1, -0.05) is 72.8 Å². The van der Waals surface area contributed by atoms with Gasteiger partial charge in [-0.05, 0) is 99.7 Å². The SMILES string of the molecule is COc1ccc(C(OC[C@H]2O[C@@H](n3ccc(NC(=O)c4ccccc4)nc3=O)[C@H](OC3CC3)[C@@H]2OP(OCCC#N)N(C(C)C)C(C)C)(c2ccccc2)c2ccc(OC)cc2)cc1. The summed E-state index contributed by atoms with van der Waals surface area (Å²) in [7, 11) is 1.44. The number of aromatic nitrogens is 2. The average Bonchev–Trinajstić information content (AvgIpc) is 4.08. The lowest BCUT2D eigenvalue weighted by atomic mass is 9.80. The number of methoxy groups -OCH3 is 2. The first-order valence-corrected chi connectivity index (χ1v) is 22.7. The van der Waals surface area contributed by atoms with Crippen molar-refractivity contribution < 1.29 is 37.5 Å². The van der Waals surface area contributed by atoms with Crippen molar-refractivity contribution in [2.45, 2.75) is 95.3 Å². The lowest BCUT2D eigenvalue weighted by Gasteiger charge is -2.39. The number of hydrogen-bond acceptors (Lipinski definition) is 12. The Morgan fingerprint density at radius 2 is 1.44 bits per heavy atom. The summed E-state index contributed by atoms with van der Waals surface area (Å²) >= 11 is 0. The Bertz CT molecular complexity index is 2320. The van der Waals surface area contributed by atoms with Crippen LogP contribution in [0, 0.1) is 11.3 Å². The average molecular weight is 890 g/mol. The highest BCUT2D eigenvalue weighted by Crippen LogP contribution is 2.52. The van der Waals surface area contributed by atoms with Crippen LogP contribution in [-0.4, -0.2) is 84.1 Å². The molecule has 1 amide bonds. The molecule has 1 aromatic heterocycles. The predicted molar refractivity (Wildman–Crippen MR) is 243 cm³/mol. The van der Waals surface area contributed by atoms with E-state index in [4.69, 9.17) is 32.7 Å². The maximum Gasteiger partial charge on any atom is 0.351 e. The fourth-order valence-corrected chi connectivity index (χ4v) is 9.67. The van der Waals surface area contributed by atoms with Crippen LogP contribution in [0.15, 0.2) is 126 Å². The molecule has 1 aliphatic carbocycles. The molecular formula is C49H56N5O9P. The number of nitriles is 1. The molecule has 2 fully saturated rings. The van der Waals surface area contributed by atoms with E-state index in [0.29, 0.717) is 17.1 Å². The van der Waals surface area contributed by atoms with E-state index in [1.165, 1.54) is 4.57 Å². The number of ether oxygens (including phenoxy) is 5. The van der Waals surface area contributed by atoms with E-state index in [0.717, 1.165) is 29.5 Å². The molecular weight excluding hydrogens is 834 g/mol. The van der Waals surface area contributed by atoms with Gasteiger partial charge in [0.1, 0.15) is 41.2 Å². The van der Waals surface area contributed by atoms with Crippen molar-refractivity contribution in [2.24, 2.45) is 0 Å². The van der Waals surface area contributed by atoms with Gasteiger partial charge in [0, 0.05) is 23.8 Å². The molecule has 5 atom stereocenters. The zero-order valence-corrected chi connectivity index (χ0v) is 37.9. The van der Waals surface area contributed by atoms with E-state index in [1.807, 2.05) is 84.9 Å². The van der Waals surface area contributed by atoms with Crippen molar-refractivity contribution in [1.82, 2.24) is 14.2 Å². The lowest BCUT2D eigenvalue weighted by Crippen LogP contribution is -2.43. The Morgan fingerprint density at radius 3 is 1.97 bits per heavy atom. The molecule has 64 heavy (non-hydrogen) atoms. The summed E-state index contributed by atoms with van der Waals surface area (Å²) in [6.45, 7) is 8.38. The minimum atomic E-state index is -1.81. The number of nitrogens with one attached hydrogen (secondary N) is 1. The third-order valence-electron chi connectivity index (χ3n) is 11.1. The molecule has 1 unspecified atom stereocenters. The highest BCUT2D eigenvalue weighted by Gasteiger charge is 2.53. The van der Waals surface area contributed by atoms with Crippen molar-refractivity contribution in [3.8, 4) is 17.6 Å². The Hall–Kier alpha value is -5.49. The first-order valence-electron chi connectivity index (χ1n) is 21.6. The van der Waals surface area contributed by atoms with Crippen LogP contribution in [0.1, 0.15) is 80.2 Å². The summed E-state index contributed by atoms with van der Waals surface area (Å²) in [6.07, 6.45) is -0.245. The van der Waals surface area contributed by atoms with Gasteiger partial charge < -0.3 is 38.0 Å². The van der Waals surface area contributed by atoms with Crippen molar-refractivity contribution in [1.29, 1.82) is 5.26 Å². The molecule has 2 aliphatic rings. The third kappa shape index (κ3) is 10.7. The van der Waals surface area contributed by atoms with Gasteiger partial charge in [-0.3, -0.25) is 9.36 Å². The van der Waals surface area contributed by atoms with Crippen LogP contribution >= 0.6 is 8.53 Å². The first-order chi connectivity index (χ1) is 31.1. The molecule has 7 rings (SSSR count). The third-order valence-corrected chi connectivity index (χ3v) is 13.2. The highest BCUT2D eigenvalue weighted by atomic mass is 31.2. The maximum atomic E-state index is 14.1. The molecule has 4 aromatic carbocycles. The number of anilines is 1. The molecule has 0 radical (unpaired) electrons. The quantitative estimate of drug-likeness (QED) is 0.0426. The molecule has 1 saturated carbocycles. The molecule has 1 aliphatic heterocycles. The molecule has 14 nitrogen and oxygen atoms in total. The van der Waals surface area contributed by atoms with Gasteiger partial charge in [0.15, 0.2) is 6.23 Å². The normalized spacial score (nSPS) is 19.1. The zero-order valence-electron chi connectivity index (χ0n) is 37.0. The molecule has 0 spiro atoms. The van der Waals surface area contributed by atoms with Crippen LogP contribution in [0.2, 0.25) is 0 Å². The summed E-state index contributed by atoms with van der Waals surface area (Å²) in [5, 5.41) is 12.2. The molecule has 1 N–H and O–H groups in total. The van der Waals surface area contributed by atoms with Crippen LogP contribution in [-0.2, 0) is 28.9 Å². The Morgan fingerprint density at radius 1 is 0.859 bits per heavy atom. The monoisotopic (exact) mass is 889 g/mol. The van der Waals surface area contributed by atoms with E-state index in [2.05, 4.69) is 48.7 Å². The van der Waals surface area contributed by atoms with Crippen LogP contribution in [0.5, 0.6) is 11.5 Å². The number of rotatable bonds is 21. The molecule has 5 aromatic rings. The molecule has 0 bridgehead atoms. The number of hydrogen-bond donors (Lipinski definition) is 1. The Balaban J connectivity index is 1.32. The second-order valence-electron chi connectivity index (χ2n) is 16.1. The van der Waals surface area contributed by atoms with Gasteiger partial charge in [0.25, 0.3) is 14.4 Å². The van der Waals surface area contributed by atoms with Crippen LogP contribution in [0.25, 0.3) is 0 Å². The van der Waals surface area contributed by atoms with Crippen molar-refractivity contribution in [3.05, 3.63) is 154 Å². The zero-order chi connectivity index (χ0) is 45.2. The van der Waals surface area contributed by atoms with Gasteiger partial charge >= 0.3 is 5.69 Å². The largest absolute Gasteiger partial charge is 0.497 e. The lowest BCUT2D eigenvalue weighted by molar-refractivity contribution is -0.0987. The van der Waals surface area contributed by atoms with Gasteiger partial charge in [-0.25, -0.2) is 9.46 Å². The number of carbonyl (C=O) groups excluding carboxylic acids is 1. The van der Waals surface area contributed by atoms with Gasteiger partial charge in [0.05, 0.1) is 46.0 Å². The Kier molecular flexibility index (Phi) is 15.6. The smallest absolute Gasteiger partial charge is 0.351 e. The summed E-state index contributed by atoms with van der Waals surface area (Å²) in [6, 6.07) is 37.9. The Labute approximate surface area is 376 Å². The van der Waals surface area contributed by atoms with Crippen molar-refractivity contribution in [3.63, 3.8) is 0 Å². The standard InChI is InChI=1S/C49H56N5O9P/c1-33(2)54(34(3)4)64(60-31-13-29-50)63-44-42(62-47(45(44)61-41-26-27-41)53-30-28-43(52-48(53)56)51-46(55)35-14-9-7-10-15-35)32-59-49(36-16-11-8-12-17-36,37-18-22-39(57-5)23-19-37)38-20-24-40(58-6)25-21-38/h7-12,14-25,28,30,33-34,41-42,44-45,47H,13,26-27,31-32H2,1-6H3,(H,51,52,55,56)/t42-,44-,45-,47-,64?/m1/s1. The molecule has 1 saturated heterocycles. The minimum Gasteiger partial charge on any atom is -0.497 e. The molecule has 336 valence electrons. The number of carbonyl (C=O) groups is 1. The fraction of sp³-hybridized carbons (Fsp3) is 0.388. The minimum absolute atomic E-state index is 0.00477. The first kappa shape index (κ1) is 46.5. The molecule has 2 heterocycles. The van der Waals surface area contributed by atoms with Crippen molar-refractivity contribution in [2.75, 3.05) is 32.8 Å². The van der Waals surface area contributed by atoms with Gasteiger partial charge in [-0.15, -0.1) is 0 Å². The van der Waals surface area contributed by atoms with E-state index in [1.54, 1.807) is 50.7 Å². The molecule has 15 heteroatoms. The summed E-state index contributed by atoms with van der Waals surface area (Å²) < 4.78 is 49.4. The second kappa shape index (κ2) is 21.5. The van der Waals surface area contributed by atoms with E-state index in [-0.39, 0.29) is 43.6 Å². The topological polar surface area (TPSA) is 156 Å². The number of benzene rings is 4. The summed E-state index contributed by atoms with van der Waals surface area (Å²) in [4.78, 5) is 31.4. The summed E-state index contributed by atoms with van der Waals surface area (Å²) in [5.41, 5.74) is 1.06. The maximum absolute atomic E-state index is 14.1. The van der Waals surface area contributed by atoms with E-state index >= 15 is 0 Å². The van der Waals surface area contributed by atoms with Crippen molar-refractivity contribution >= 4 is 20.3 Å². The summed E-state index contributed by atoms with van der Waals surface area (Å²) in [5.74, 6) is 1.06. The van der Waals surface area contributed by atoms with E-state index < -0.39 is 50.3 Å². The van der Waals surface area contributed by atoms with Crippen LogP contribution in [0.3, 0.4) is 0 Å². The fourth-order valence-electron chi connectivity index (χ4n) is 7.90. The second-order valence-corrected chi connectivity index (χ2v) is 17.5. The van der Waals surface area contributed by atoms with Gasteiger partial charge in [0.2, 0.25) is 0 Å². The predicted octanol–water partition coefficient (Wildman–Crippen LogP) is 8.63. The van der Waals surface area contributed by atoms with Crippen LogP contribution in [0.4, 0.5) is 5.82 Å². The number of nitrogens with zero attached hydrogens (tertiary/aromatic N) is 4. The van der Waals surface area contributed by atoms with Gasteiger partial charge in [-0.2, -0.15) is 10.2 Å². The number of amides is 1.